The fourth-order valence-electron chi connectivity index (χ4n) is 1.74. The lowest BCUT2D eigenvalue weighted by Crippen LogP contribution is -2.05. The first-order chi connectivity index (χ1) is 6.74. The van der Waals surface area contributed by atoms with Gasteiger partial charge in [0.05, 0.1) is 6.10 Å². The maximum absolute atomic E-state index is 5.56. The average molecular weight is 188 g/mol. The van der Waals surface area contributed by atoms with Crippen molar-refractivity contribution in [3.8, 4) is 0 Å². The fraction of sp³-hybridized carbons (Fsp3) is 0.385. The van der Waals surface area contributed by atoms with Gasteiger partial charge in [-0.15, -0.1) is 6.58 Å². The van der Waals surface area contributed by atoms with Gasteiger partial charge >= 0.3 is 0 Å². The summed E-state index contributed by atoms with van der Waals surface area (Å²) in [7, 11) is 0. The number of benzene rings is 1. The Morgan fingerprint density at radius 1 is 1.43 bits per heavy atom. The van der Waals surface area contributed by atoms with Crippen LogP contribution in [0.3, 0.4) is 0 Å². The van der Waals surface area contributed by atoms with Crippen LogP contribution in [0.4, 0.5) is 0 Å². The zero-order valence-electron chi connectivity index (χ0n) is 8.57. The Labute approximate surface area is 85.4 Å². The molecule has 0 N–H and O–H groups in total. The van der Waals surface area contributed by atoms with Crippen LogP contribution >= 0.6 is 0 Å². The zero-order valence-corrected chi connectivity index (χ0v) is 8.57. The van der Waals surface area contributed by atoms with E-state index in [1.807, 2.05) is 12.1 Å². The minimum absolute atomic E-state index is 0.0468. The summed E-state index contributed by atoms with van der Waals surface area (Å²) >= 11 is 0. The molecule has 1 heteroatoms. The summed E-state index contributed by atoms with van der Waals surface area (Å²) in [6.45, 7) is 5.87. The molecule has 1 aromatic carbocycles. The molecule has 0 aromatic heterocycles. The highest BCUT2D eigenvalue weighted by Crippen LogP contribution is 2.39. The predicted molar refractivity (Wildman–Crippen MR) is 58.2 cm³/mol. The van der Waals surface area contributed by atoms with Gasteiger partial charge in [0.2, 0.25) is 0 Å². The molecule has 2 unspecified atom stereocenters. The third kappa shape index (κ3) is 1.88. The molecule has 0 saturated carbocycles. The molecule has 1 aromatic rings. The van der Waals surface area contributed by atoms with E-state index in [1.54, 1.807) is 0 Å². The number of epoxide rings is 1. The Balaban J connectivity index is 1.83. The first kappa shape index (κ1) is 9.47. The maximum Gasteiger partial charge on any atom is 0.110 e. The van der Waals surface area contributed by atoms with E-state index >= 15 is 0 Å². The van der Waals surface area contributed by atoms with E-state index in [2.05, 4.69) is 37.8 Å². The molecular weight excluding hydrogens is 172 g/mol. The molecule has 1 aliphatic heterocycles. The second kappa shape index (κ2) is 3.58. The SMILES string of the molecule is C=CC1(C)OC1CCc1ccccc1. The van der Waals surface area contributed by atoms with E-state index in [4.69, 9.17) is 4.74 Å². The van der Waals surface area contributed by atoms with Crippen LogP contribution < -0.4 is 0 Å². The van der Waals surface area contributed by atoms with Crippen molar-refractivity contribution in [2.75, 3.05) is 0 Å². The highest BCUT2D eigenvalue weighted by Gasteiger charge is 2.48. The molecule has 0 aliphatic carbocycles. The normalized spacial score (nSPS) is 29.9. The van der Waals surface area contributed by atoms with Crippen LogP contribution in [0.5, 0.6) is 0 Å². The molecule has 14 heavy (non-hydrogen) atoms. The van der Waals surface area contributed by atoms with Crippen LogP contribution in [0.15, 0.2) is 43.0 Å². The van der Waals surface area contributed by atoms with Gasteiger partial charge in [0, 0.05) is 0 Å². The van der Waals surface area contributed by atoms with Crippen molar-refractivity contribution in [2.24, 2.45) is 0 Å². The minimum atomic E-state index is -0.0468. The van der Waals surface area contributed by atoms with Crippen LogP contribution in [-0.2, 0) is 11.2 Å². The van der Waals surface area contributed by atoms with Gasteiger partial charge in [-0.3, -0.25) is 0 Å². The van der Waals surface area contributed by atoms with Gasteiger partial charge in [0.1, 0.15) is 5.60 Å². The second-order valence-electron chi connectivity index (χ2n) is 4.02. The number of aryl methyl sites for hydroxylation is 1. The van der Waals surface area contributed by atoms with Gasteiger partial charge in [-0.05, 0) is 25.3 Å². The smallest absolute Gasteiger partial charge is 0.110 e. The van der Waals surface area contributed by atoms with Gasteiger partial charge in [-0.25, -0.2) is 0 Å². The number of rotatable bonds is 4. The Bertz CT molecular complexity index is 317. The molecule has 1 heterocycles. The van der Waals surface area contributed by atoms with Gasteiger partial charge in [0.25, 0.3) is 0 Å². The van der Waals surface area contributed by atoms with Crippen molar-refractivity contribution in [1.82, 2.24) is 0 Å². The molecule has 1 aliphatic rings. The number of ether oxygens (including phenoxy) is 1. The molecule has 0 amide bonds. The van der Waals surface area contributed by atoms with Gasteiger partial charge in [0.15, 0.2) is 0 Å². The van der Waals surface area contributed by atoms with E-state index in [-0.39, 0.29) is 5.60 Å². The summed E-state index contributed by atoms with van der Waals surface area (Å²) in [5.74, 6) is 0. The molecule has 0 bridgehead atoms. The second-order valence-corrected chi connectivity index (χ2v) is 4.02. The van der Waals surface area contributed by atoms with E-state index in [9.17, 15) is 0 Å². The van der Waals surface area contributed by atoms with Crippen molar-refractivity contribution in [3.05, 3.63) is 48.6 Å². The molecule has 1 nitrogen and oxygen atoms in total. The van der Waals surface area contributed by atoms with Gasteiger partial charge in [-0.2, -0.15) is 0 Å². The fourth-order valence-corrected chi connectivity index (χ4v) is 1.74. The third-order valence-corrected chi connectivity index (χ3v) is 2.92. The van der Waals surface area contributed by atoms with Crippen LogP contribution in [0, 0.1) is 0 Å². The summed E-state index contributed by atoms with van der Waals surface area (Å²) in [6, 6.07) is 10.5. The monoisotopic (exact) mass is 188 g/mol. The summed E-state index contributed by atoms with van der Waals surface area (Å²) in [4.78, 5) is 0. The van der Waals surface area contributed by atoms with Crippen molar-refractivity contribution in [3.63, 3.8) is 0 Å². The molecule has 0 spiro atoms. The highest BCUT2D eigenvalue weighted by molar-refractivity contribution is 5.17. The van der Waals surface area contributed by atoms with Crippen LogP contribution in [0.25, 0.3) is 0 Å². The standard InChI is InChI=1S/C13H16O/c1-3-13(2)12(14-13)10-9-11-7-5-4-6-8-11/h3-8,12H,1,9-10H2,2H3. The number of hydrogen-bond acceptors (Lipinski definition) is 1. The maximum atomic E-state index is 5.56. The van der Waals surface area contributed by atoms with E-state index in [0.717, 1.165) is 12.8 Å². The molecule has 2 atom stereocenters. The summed E-state index contributed by atoms with van der Waals surface area (Å²) in [6.07, 6.45) is 4.46. The van der Waals surface area contributed by atoms with Gasteiger partial charge < -0.3 is 4.74 Å². The lowest BCUT2D eigenvalue weighted by atomic mass is 10.0. The zero-order chi connectivity index (χ0) is 10.0. The summed E-state index contributed by atoms with van der Waals surface area (Å²) in [5, 5.41) is 0. The lowest BCUT2D eigenvalue weighted by molar-refractivity contribution is 0.338. The van der Waals surface area contributed by atoms with Crippen LogP contribution in [-0.4, -0.2) is 11.7 Å². The molecular formula is C13H16O. The van der Waals surface area contributed by atoms with Crippen molar-refractivity contribution in [2.45, 2.75) is 31.5 Å². The average Bonchev–Trinajstić information content (AvgIpc) is 2.90. The highest BCUT2D eigenvalue weighted by atomic mass is 16.6. The summed E-state index contributed by atoms with van der Waals surface area (Å²) < 4.78 is 5.56. The quantitative estimate of drug-likeness (QED) is 0.522. The Morgan fingerprint density at radius 2 is 2.14 bits per heavy atom. The molecule has 0 radical (unpaired) electrons. The Hall–Kier alpha value is -1.08. The Kier molecular flexibility index (Phi) is 2.42. The van der Waals surface area contributed by atoms with Crippen LogP contribution in [0.1, 0.15) is 18.9 Å². The largest absolute Gasteiger partial charge is 0.362 e. The van der Waals surface area contributed by atoms with Crippen LogP contribution in [0.2, 0.25) is 0 Å². The molecule has 1 fully saturated rings. The first-order valence-corrected chi connectivity index (χ1v) is 5.10. The van der Waals surface area contributed by atoms with Crippen molar-refractivity contribution < 1.29 is 4.74 Å². The first-order valence-electron chi connectivity index (χ1n) is 5.10. The lowest BCUT2D eigenvalue weighted by Gasteiger charge is -1.99. The molecule has 1 saturated heterocycles. The number of hydrogen-bond donors (Lipinski definition) is 0. The molecule has 2 rings (SSSR count). The van der Waals surface area contributed by atoms with E-state index in [0.29, 0.717) is 6.10 Å². The molecule has 74 valence electrons. The minimum Gasteiger partial charge on any atom is -0.362 e. The van der Waals surface area contributed by atoms with E-state index in [1.165, 1.54) is 5.56 Å². The topological polar surface area (TPSA) is 12.5 Å². The Morgan fingerprint density at radius 3 is 2.71 bits per heavy atom. The van der Waals surface area contributed by atoms with E-state index < -0.39 is 0 Å². The van der Waals surface area contributed by atoms with Gasteiger partial charge in [-0.1, -0.05) is 36.4 Å². The predicted octanol–water partition coefficient (Wildman–Crippen LogP) is 2.96. The van der Waals surface area contributed by atoms with Crippen molar-refractivity contribution in [1.29, 1.82) is 0 Å². The summed E-state index contributed by atoms with van der Waals surface area (Å²) in [5.41, 5.74) is 1.34. The van der Waals surface area contributed by atoms with Crippen molar-refractivity contribution >= 4 is 0 Å². The third-order valence-electron chi connectivity index (χ3n) is 2.92.